The van der Waals surface area contributed by atoms with Gasteiger partial charge in [-0.15, -0.1) is 24.0 Å². The average Bonchev–Trinajstić information content (AvgIpc) is 2.73. The van der Waals surface area contributed by atoms with E-state index < -0.39 is 6.61 Å². The highest BCUT2D eigenvalue weighted by atomic mass is 127. The molecule has 1 aromatic heterocycles. The molecule has 164 valence electrons. The van der Waals surface area contributed by atoms with Crippen LogP contribution in [-0.4, -0.2) is 55.5 Å². The number of benzene rings is 1. The Morgan fingerprint density at radius 1 is 1.20 bits per heavy atom. The third-order valence-corrected chi connectivity index (χ3v) is 4.12. The first-order valence-corrected chi connectivity index (χ1v) is 9.10. The standard InChI is InChI=1S/C20H25F2N5O2.HI/c1-23-20(25-13-15-7-3-4-9-17(15)29-19(21)22)26-14-18(28)27(2)12-10-16-8-5-6-11-24-16;/h3-9,11,19H,10,12-14H2,1-2H3,(H2,23,25,26);1H. The van der Waals surface area contributed by atoms with Gasteiger partial charge in [0.2, 0.25) is 5.91 Å². The summed E-state index contributed by atoms with van der Waals surface area (Å²) in [5.74, 6) is 0.365. The van der Waals surface area contributed by atoms with Gasteiger partial charge in [-0.1, -0.05) is 24.3 Å². The average molecular weight is 533 g/mol. The molecule has 0 aliphatic rings. The number of carbonyl (C=O) groups excluding carboxylic acids is 1. The molecule has 0 radical (unpaired) electrons. The zero-order valence-electron chi connectivity index (χ0n) is 16.8. The summed E-state index contributed by atoms with van der Waals surface area (Å²) < 4.78 is 29.5. The SMILES string of the molecule is CN=C(NCC(=O)N(C)CCc1ccccn1)NCc1ccccc1OC(F)F.I. The van der Waals surface area contributed by atoms with Crippen molar-refractivity contribution in [2.75, 3.05) is 27.2 Å². The van der Waals surface area contributed by atoms with Crippen LogP contribution in [0.25, 0.3) is 0 Å². The Labute approximate surface area is 191 Å². The van der Waals surface area contributed by atoms with Gasteiger partial charge >= 0.3 is 6.61 Å². The van der Waals surface area contributed by atoms with E-state index in [1.807, 2.05) is 18.2 Å². The number of guanidine groups is 1. The topological polar surface area (TPSA) is 78.9 Å². The van der Waals surface area contributed by atoms with Gasteiger partial charge in [-0.2, -0.15) is 8.78 Å². The number of nitrogens with one attached hydrogen (secondary N) is 2. The molecule has 2 aromatic rings. The second-order valence-electron chi connectivity index (χ2n) is 6.15. The molecule has 2 N–H and O–H groups in total. The minimum absolute atomic E-state index is 0. The van der Waals surface area contributed by atoms with Crippen molar-refractivity contribution in [1.82, 2.24) is 20.5 Å². The molecule has 0 saturated heterocycles. The first-order chi connectivity index (χ1) is 14.0. The highest BCUT2D eigenvalue weighted by Gasteiger charge is 2.12. The maximum absolute atomic E-state index is 12.5. The van der Waals surface area contributed by atoms with Gasteiger partial charge in [-0.05, 0) is 18.2 Å². The number of rotatable bonds is 9. The van der Waals surface area contributed by atoms with Gasteiger partial charge in [0.1, 0.15) is 5.75 Å². The van der Waals surface area contributed by atoms with Crippen molar-refractivity contribution in [1.29, 1.82) is 0 Å². The molecule has 1 amide bonds. The number of amides is 1. The molecule has 0 bridgehead atoms. The minimum Gasteiger partial charge on any atom is -0.434 e. The van der Waals surface area contributed by atoms with Crippen molar-refractivity contribution in [3.8, 4) is 5.75 Å². The van der Waals surface area contributed by atoms with Gasteiger partial charge in [0.25, 0.3) is 0 Å². The fourth-order valence-corrected chi connectivity index (χ4v) is 2.51. The lowest BCUT2D eigenvalue weighted by molar-refractivity contribution is -0.128. The molecule has 0 aliphatic heterocycles. The quantitative estimate of drug-likeness (QED) is 0.295. The maximum Gasteiger partial charge on any atom is 0.387 e. The Morgan fingerprint density at radius 2 is 1.93 bits per heavy atom. The van der Waals surface area contributed by atoms with E-state index in [-0.39, 0.29) is 48.7 Å². The van der Waals surface area contributed by atoms with Crippen molar-refractivity contribution in [3.63, 3.8) is 0 Å². The summed E-state index contributed by atoms with van der Waals surface area (Å²) in [6.45, 7) is -2.09. The summed E-state index contributed by atoms with van der Waals surface area (Å²) in [6, 6.07) is 12.2. The molecule has 1 aromatic carbocycles. The predicted octanol–water partition coefficient (Wildman–Crippen LogP) is 2.67. The normalized spacial score (nSPS) is 10.9. The number of alkyl halides is 2. The molecule has 2 rings (SSSR count). The van der Waals surface area contributed by atoms with Gasteiger partial charge in [0, 0.05) is 51.1 Å². The number of hydrogen-bond acceptors (Lipinski definition) is 4. The van der Waals surface area contributed by atoms with Crippen molar-refractivity contribution in [2.45, 2.75) is 19.6 Å². The highest BCUT2D eigenvalue weighted by Crippen LogP contribution is 2.19. The minimum atomic E-state index is -2.90. The van der Waals surface area contributed by atoms with Crippen LogP contribution in [0, 0.1) is 0 Å². The molecule has 30 heavy (non-hydrogen) atoms. The number of hydrogen-bond donors (Lipinski definition) is 2. The number of halogens is 3. The number of likely N-dealkylation sites (N-methyl/N-ethyl adjacent to an activating group) is 1. The van der Waals surface area contributed by atoms with E-state index in [0.29, 0.717) is 24.5 Å². The van der Waals surface area contributed by atoms with Crippen LogP contribution >= 0.6 is 24.0 Å². The van der Waals surface area contributed by atoms with Crippen molar-refractivity contribution in [3.05, 3.63) is 59.9 Å². The fraction of sp³-hybridized carbons (Fsp3) is 0.350. The molecule has 0 unspecified atom stereocenters. The van der Waals surface area contributed by atoms with Gasteiger partial charge < -0.3 is 20.3 Å². The molecule has 0 spiro atoms. The summed E-state index contributed by atoms with van der Waals surface area (Å²) in [7, 11) is 3.28. The summed E-state index contributed by atoms with van der Waals surface area (Å²) in [6.07, 6.45) is 2.38. The monoisotopic (exact) mass is 533 g/mol. The Bertz CT molecular complexity index is 809. The van der Waals surface area contributed by atoms with E-state index in [2.05, 4.69) is 25.3 Å². The fourth-order valence-electron chi connectivity index (χ4n) is 2.51. The van der Waals surface area contributed by atoms with E-state index in [0.717, 1.165) is 5.69 Å². The molecule has 0 fully saturated rings. The van der Waals surface area contributed by atoms with Gasteiger partial charge in [-0.25, -0.2) is 0 Å². The number of ether oxygens (including phenoxy) is 1. The molecule has 0 saturated carbocycles. The van der Waals surface area contributed by atoms with E-state index in [1.165, 1.54) is 6.07 Å². The molecule has 10 heteroatoms. The Morgan fingerprint density at radius 3 is 2.60 bits per heavy atom. The van der Waals surface area contributed by atoms with Crippen LogP contribution in [0.2, 0.25) is 0 Å². The van der Waals surface area contributed by atoms with Crippen molar-refractivity contribution >= 4 is 35.8 Å². The maximum atomic E-state index is 12.5. The Hall–Kier alpha value is -2.50. The van der Waals surface area contributed by atoms with Crippen LogP contribution in [0.1, 0.15) is 11.3 Å². The first-order valence-electron chi connectivity index (χ1n) is 9.10. The summed E-state index contributed by atoms with van der Waals surface area (Å²) in [4.78, 5) is 22.2. The lowest BCUT2D eigenvalue weighted by atomic mass is 10.2. The Kier molecular flexibility index (Phi) is 11.6. The third kappa shape index (κ3) is 8.89. The summed E-state index contributed by atoms with van der Waals surface area (Å²) in [5.41, 5.74) is 1.47. The zero-order valence-corrected chi connectivity index (χ0v) is 19.2. The van der Waals surface area contributed by atoms with Gasteiger partial charge in [-0.3, -0.25) is 14.8 Å². The van der Waals surface area contributed by atoms with Crippen LogP contribution in [0.15, 0.2) is 53.7 Å². The second-order valence-corrected chi connectivity index (χ2v) is 6.15. The lowest BCUT2D eigenvalue weighted by Crippen LogP contribution is -2.43. The largest absolute Gasteiger partial charge is 0.434 e. The predicted molar refractivity (Wildman–Crippen MR) is 122 cm³/mol. The van der Waals surface area contributed by atoms with Crippen LogP contribution in [0.3, 0.4) is 0 Å². The highest BCUT2D eigenvalue weighted by molar-refractivity contribution is 14.0. The molecule has 0 aliphatic carbocycles. The van der Waals surface area contributed by atoms with E-state index in [1.54, 1.807) is 43.4 Å². The molecule has 0 atom stereocenters. The number of nitrogens with zero attached hydrogens (tertiary/aromatic N) is 3. The number of para-hydroxylation sites is 1. The molecular weight excluding hydrogens is 507 g/mol. The van der Waals surface area contributed by atoms with Crippen LogP contribution in [0.5, 0.6) is 5.75 Å². The van der Waals surface area contributed by atoms with Crippen molar-refractivity contribution < 1.29 is 18.3 Å². The molecule has 1 heterocycles. The second kappa shape index (κ2) is 13.7. The smallest absolute Gasteiger partial charge is 0.387 e. The van der Waals surface area contributed by atoms with Crippen LogP contribution in [-0.2, 0) is 17.8 Å². The Balaban J connectivity index is 0.00000450. The van der Waals surface area contributed by atoms with E-state index >= 15 is 0 Å². The first kappa shape index (κ1) is 25.5. The number of pyridine rings is 1. The lowest BCUT2D eigenvalue weighted by Gasteiger charge is -2.19. The van der Waals surface area contributed by atoms with E-state index in [9.17, 15) is 13.6 Å². The van der Waals surface area contributed by atoms with Crippen LogP contribution in [0.4, 0.5) is 8.78 Å². The van der Waals surface area contributed by atoms with E-state index in [4.69, 9.17) is 0 Å². The number of aromatic nitrogens is 1. The number of carbonyl (C=O) groups is 1. The van der Waals surface area contributed by atoms with Crippen molar-refractivity contribution in [2.24, 2.45) is 4.99 Å². The van der Waals surface area contributed by atoms with Gasteiger partial charge in [0.05, 0.1) is 6.54 Å². The van der Waals surface area contributed by atoms with Gasteiger partial charge in [0.15, 0.2) is 5.96 Å². The summed E-state index contributed by atoms with van der Waals surface area (Å²) >= 11 is 0. The zero-order chi connectivity index (χ0) is 21.1. The third-order valence-electron chi connectivity index (χ3n) is 4.12. The molecular formula is C20H26F2IN5O2. The van der Waals surface area contributed by atoms with Crippen LogP contribution < -0.4 is 15.4 Å². The summed E-state index contributed by atoms with van der Waals surface area (Å²) in [5, 5.41) is 5.91. The number of aliphatic imine (C=N–C) groups is 1. The molecule has 7 nitrogen and oxygen atoms in total.